The average Bonchev–Trinajstić information content (AvgIpc) is 2.50. The van der Waals surface area contributed by atoms with Crippen LogP contribution >= 0.6 is 23.5 Å². The number of hydrogen-bond acceptors (Lipinski definition) is 2. The highest BCUT2D eigenvalue weighted by Crippen LogP contribution is 2.26. The van der Waals surface area contributed by atoms with Crippen LogP contribution in [0.2, 0.25) is 0 Å². The molecule has 0 aromatic rings. The quantitative estimate of drug-likeness (QED) is 0.196. The number of hydrogen-bond donors (Lipinski definition) is 0. The van der Waals surface area contributed by atoms with Crippen LogP contribution in [-0.4, -0.2) is 16.6 Å². The fourth-order valence-corrected chi connectivity index (χ4v) is 4.84. The zero-order valence-electron chi connectivity index (χ0n) is 15.0. The molecule has 0 saturated carbocycles. The van der Waals surface area contributed by atoms with Crippen molar-refractivity contribution in [3.05, 3.63) is 0 Å². The van der Waals surface area contributed by atoms with Crippen molar-refractivity contribution < 1.29 is 0 Å². The van der Waals surface area contributed by atoms with Crippen molar-refractivity contribution >= 4 is 23.5 Å². The first-order chi connectivity index (χ1) is 10.3. The second kappa shape index (κ2) is 18.7. The molecule has 0 saturated heterocycles. The third-order valence-corrected chi connectivity index (χ3v) is 6.85. The largest absolute Gasteiger partial charge is 0.151 e. The predicted molar refractivity (Wildman–Crippen MR) is 106 cm³/mol. The fraction of sp³-hybridized carbons (Fsp3) is 1.00. The van der Waals surface area contributed by atoms with E-state index in [9.17, 15) is 0 Å². The summed E-state index contributed by atoms with van der Waals surface area (Å²) in [6, 6.07) is 0. The van der Waals surface area contributed by atoms with E-state index in [1.807, 2.05) is 11.8 Å². The minimum absolute atomic E-state index is 0.850. The molecule has 1 atom stereocenters. The van der Waals surface area contributed by atoms with Crippen LogP contribution in [0, 0.1) is 0 Å². The smallest absolute Gasteiger partial charge is 0.0499 e. The summed E-state index contributed by atoms with van der Waals surface area (Å²) in [6.07, 6.45) is 22.6. The first kappa shape index (κ1) is 21.7. The maximum absolute atomic E-state index is 2.30. The molecular weight excluding hydrogens is 292 g/mol. The Balaban J connectivity index is 3.08. The standard InChI is InChI=1S/C19H40S2/c1-4-6-7-8-9-10-11-12-13-14-15-16-17-18-19(20-3)21-5-2/h19H,4-18H2,1-3H3. The minimum Gasteiger partial charge on any atom is -0.151 e. The maximum Gasteiger partial charge on any atom is 0.0499 e. The van der Waals surface area contributed by atoms with Gasteiger partial charge in [0.2, 0.25) is 0 Å². The van der Waals surface area contributed by atoms with E-state index in [0.717, 1.165) is 4.58 Å². The van der Waals surface area contributed by atoms with E-state index in [0.29, 0.717) is 0 Å². The van der Waals surface area contributed by atoms with Crippen molar-refractivity contribution in [3.63, 3.8) is 0 Å². The van der Waals surface area contributed by atoms with Crippen LogP contribution in [-0.2, 0) is 0 Å². The van der Waals surface area contributed by atoms with Gasteiger partial charge >= 0.3 is 0 Å². The van der Waals surface area contributed by atoms with Gasteiger partial charge in [-0.3, -0.25) is 0 Å². The minimum atomic E-state index is 0.850. The van der Waals surface area contributed by atoms with Gasteiger partial charge in [-0.15, -0.1) is 11.8 Å². The molecule has 0 aliphatic rings. The molecule has 0 aromatic carbocycles. The second-order valence-electron chi connectivity index (χ2n) is 6.15. The van der Waals surface area contributed by atoms with E-state index < -0.39 is 0 Å². The highest BCUT2D eigenvalue weighted by molar-refractivity contribution is 8.16. The third-order valence-electron chi connectivity index (χ3n) is 4.16. The maximum atomic E-state index is 2.30. The summed E-state index contributed by atoms with van der Waals surface area (Å²) in [5.74, 6) is 1.27. The van der Waals surface area contributed by atoms with Crippen LogP contribution in [0.4, 0.5) is 0 Å². The van der Waals surface area contributed by atoms with Crippen molar-refractivity contribution in [2.24, 2.45) is 0 Å². The lowest BCUT2D eigenvalue weighted by molar-refractivity contribution is 0.538. The first-order valence-corrected chi connectivity index (χ1v) is 11.8. The molecular formula is C19H40S2. The fourth-order valence-electron chi connectivity index (χ4n) is 2.78. The van der Waals surface area contributed by atoms with Crippen molar-refractivity contribution in [2.75, 3.05) is 12.0 Å². The van der Waals surface area contributed by atoms with Gasteiger partial charge < -0.3 is 0 Å². The van der Waals surface area contributed by atoms with Gasteiger partial charge in [-0.2, -0.15) is 11.8 Å². The van der Waals surface area contributed by atoms with Crippen LogP contribution < -0.4 is 0 Å². The van der Waals surface area contributed by atoms with Crippen molar-refractivity contribution in [3.8, 4) is 0 Å². The molecule has 0 radical (unpaired) electrons. The Labute approximate surface area is 144 Å². The third kappa shape index (κ3) is 16.9. The molecule has 0 aliphatic carbocycles. The summed E-state index contributed by atoms with van der Waals surface area (Å²) < 4.78 is 0.850. The second-order valence-corrected chi connectivity index (χ2v) is 8.97. The Kier molecular flexibility index (Phi) is 19.4. The van der Waals surface area contributed by atoms with Gasteiger partial charge in [0.25, 0.3) is 0 Å². The molecule has 1 unspecified atom stereocenters. The topological polar surface area (TPSA) is 0 Å². The highest BCUT2D eigenvalue weighted by Gasteiger charge is 2.05. The van der Waals surface area contributed by atoms with E-state index in [4.69, 9.17) is 0 Å². The Bertz CT molecular complexity index is 182. The molecule has 0 rings (SSSR count). The summed E-state index contributed by atoms with van der Waals surface area (Å²) in [6.45, 7) is 4.57. The van der Waals surface area contributed by atoms with Gasteiger partial charge in [-0.1, -0.05) is 97.3 Å². The summed E-state index contributed by atoms with van der Waals surface area (Å²) >= 11 is 4.17. The molecule has 0 aliphatic heterocycles. The van der Waals surface area contributed by atoms with Crippen molar-refractivity contribution in [1.29, 1.82) is 0 Å². The van der Waals surface area contributed by atoms with Crippen LogP contribution in [0.3, 0.4) is 0 Å². The van der Waals surface area contributed by atoms with Crippen LogP contribution in [0.15, 0.2) is 0 Å². The van der Waals surface area contributed by atoms with Crippen LogP contribution in [0.25, 0.3) is 0 Å². The van der Waals surface area contributed by atoms with Gasteiger partial charge in [-0.05, 0) is 18.4 Å². The van der Waals surface area contributed by atoms with E-state index in [1.165, 1.54) is 95.6 Å². The molecule has 0 fully saturated rings. The number of thioether (sulfide) groups is 2. The molecule has 0 spiro atoms. The van der Waals surface area contributed by atoms with Crippen LogP contribution in [0.1, 0.15) is 104 Å². The number of unbranched alkanes of at least 4 members (excludes halogenated alkanes) is 12. The highest BCUT2D eigenvalue weighted by atomic mass is 32.2. The average molecular weight is 333 g/mol. The SMILES string of the molecule is CCCCCCCCCCCCCCCC(SC)SCC. The van der Waals surface area contributed by atoms with Gasteiger partial charge in [0.15, 0.2) is 0 Å². The van der Waals surface area contributed by atoms with Crippen LogP contribution in [0.5, 0.6) is 0 Å². The van der Waals surface area contributed by atoms with Crippen molar-refractivity contribution in [2.45, 2.75) is 108 Å². The van der Waals surface area contributed by atoms with Gasteiger partial charge in [0.05, 0.1) is 0 Å². The normalized spacial score (nSPS) is 12.7. The predicted octanol–water partition coefficient (Wildman–Crippen LogP) is 7.91. The molecule has 128 valence electrons. The molecule has 0 bridgehead atoms. The van der Waals surface area contributed by atoms with E-state index >= 15 is 0 Å². The summed E-state index contributed by atoms with van der Waals surface area (Å²) in [4.78, 5) is 0. The summed E-state index contributed by atoms with van der Waals surface area (Å²) in [5, 5.41) is 0. The molecule has 21 heavy (non-hydrogen) atoms. The lowest BCUT2D eigenvalue weighted by Gasteiger charge is -2.12. The summed E-state index contributed by atoms with van der Waals surface area (Å²) in [7, 11) is 0. The molecule has 0 amide bonds. The first-order valence-electron chi connectivity index (χ1n) is 9.49. The Morgan fingerprint density at radius 2 is 1.05 bits per heavy atom. The van der Waals surface area contributed by atoms with E-state index in [1.54, 1.807) is 0 Å². The zero-order valence-corrected chi connectivity index (χ0v) is 16.6. The Morgan fingerprint density at radius 1 is 0.619 bits per heavy atom. The number of rotatable bonds is 17. The Morgan fingerprint density at radius 3 is 1.43 bits per heavy atom. The van der Waals surface area contributed by atoms with Crippen molar-refractivity contribution in [1.82, 2.24) is 0 Å². The molecule has 0 heterocycles. The monoisotopic (exact) mass is 332 g/mol. The molecule has 0 aromatic heterocycles. The molecule has 0 nitrogen and oxygen atoms in total. The van der Waals surface area contributed by atoms with Gasteiger partial charge in [0.1, 0.15) is 0 Å². The van der Waals surface area contributed by atoms with Gasteiger partial charge in [-0.25, -0.2) is 0 Å². The Hall–Kier alpha value is 0.700. The lowest BCUT2D eigenvalue weighted by atomic mass is 10.0. The van der Waals surface area contributed by atoms with Gasteiger partial charge in [0, 0.05) is 4.58 Å². The lowest BCUT2D eigenvalue weighted by Crippen LogP contribution is -1.96. The van der Waals surface area contributed by atoms with E-state index in [2.05, 4.69) is 31.9 Å². The molecule has 2 heteroatoms. The zero-order chi connectivity index (χ0) is 15.6. The van der Waals surface area contributed by atoms with E-state index in [-0.39, 0.29) is 0 Å². The molecule has 0 N–H and O–H groups in total. The summed E-state index contributed by atoms with van der Waals surface area (Å²) in [5.41, 5.74) is 0.